The number of thioether (sulfide) groups is 1. The average Bonchev–Trinajstić information content (AvgIpc) is 2.46. The lowest BCUT2D eigenvalue weighted by atomic mass is 10.1. The molecule has 0 aliphatic heterocycles. The van der Waals surface area contributed by atoms with E-state index in [9.17, 15) is 0 Å². The second-order valence-corrected chi connectivity index (χ2v) is 6.36. The van der Waals surface area contributed by atoms with Gasteiger partial charge in [-0.3, -0.25) is 0 Å². The first-order valence-corrected chi connectivity index (χ1v) is 9.02. The molecule has 0 aliphatic rings. The molecule has 0 atom stereocenters. The summed E-state index contributed by atoms with van der Waals surface area (Å²) in [5.74, 6) is 1.66. The topological polar surface area (TPSA) is 51.8 Å². The Balaban J connectivity index is 1.87. The van der Waals surface area contributed by atoms with Crippen molar-refractivity contribution in [1.82, 2.24) is 9.97 Å². The molecule has 114 valence electrons. The molecule has 0 radical (unpaired) electrons. The number of nitrogens with zero attached hydrogens (tertiary/aromatic N) is 2. The molecule has 1 heterocycles. The van der Waals surface area contributed by atoms with Crippen LogP contribution >= 0.6 is 11.8 Å². The number of nitrogen functional groups attached to an aromatic ring is 1. The van der Waals surface area contributed by atoms with Crippen LogP contribution in [0.4, 0.5) is 5.82 Å². The molecule has 0 spiro atoms. The molecule has 0 fully saturated rings. The lowest BCUT2D eigenvalue weighted by Gasteiger charge is -2.03. The molecule has 0 saturated heterocycles. The minimum Gasteiger partial charge on any atom is -0.381 e. The van der Waals surface area contributed by atoms with Crippen molar-refractivity contribution >= 4 is 17.6 Å². The lowest BCUT2D eigenvalue weighted by molar-refractivity contribution is 0.563. The van der Waals surface area contributed by atoms with Crippen LogP contribution in [-0.4, -0.2) is 15.7 Å². The van der Waals surface area contributed by atoms with Crippen LogP contribution in [0, 0.1) is 0 Å². The van der Waals surface area contributed by atoms with Crippen molar-refractivity contribution in [2.24, 2.45) is 0 Å². The van der Waals surface area contributed by atoms with Crippen molar-refractivity contribution in [3.05, 3.63) is 12.4 Å². The minimum atomic E-state index is 0.560. The molecule has 2 N–H and O–H groups in total. The van der Waals surface area contributed by atoms with E-state index in [1.54, 1.807) is 24.2 Å². The number of unbranched alkanes of at least 4 members (excludes halogenated alkanes) is 9. The second-order valence-electron chi connectivity index (χ2n) is 5.28. The molecule has 4 heteroatoms. The Morgan fingerprint density at radius 2 is 1.40 bits per heavy atom. The highest BCUT2D eigenvalue weighted by Gasteiger charge is 2.01. The summed E-state index contributed by atoms with van der Waals surface area (Å²) in [5.41, 5.74) is 5.76. The smallest absolute Gasteiger partial charge is 0.156 e. The molecule has 1 rings (SSSR count). The molecule has 0 unspecified atom stereocenters. The van der Waals surface area contributed by atoms with Gasteiger partial charge in [-0.2, -0.15) is 0 Å². The quantitative estimate of drug-likeness (QED) is 0.432. The third-order valence-electron chi connectivity index (χ3n) is 3.43. The number of hydrogen-bond donors (Lipinski definition) is 1. The zero-order valence-corrected chi connectivity index (χ0v) is 13.6. The number of aromatic nitrogens is 2. The molecule has 3 nitrogen and oxygen atoms in total. The molecule has 0 aromatic carbocycles. The molecule has 0 saturated carbocycles. The van der Waals surface area contributed by atoms with Crippen LogP contribution in [0.1, 0.15) is 71.1 Å². The van der Waals surface area contributed by atoms with Gasteiger partial charge < -0.3 is 5.73 Å². The third kappa shape index (κ3) is 8.41. The first-order valence-electron chi connectivity index (χ1n) is 8.04. The maximum absolute atomic E-state index is 5.76. The van der Waals surface area contributed by atoms with Gasteiger partial charge >= 0.3 is 0 Å². The van der Waals surface area contributed by atoms with E-state index in [2.05, 4.69) is 16.9 Å². The van der Waals surface area contributed by atoms with Gasteiger partial charge in [0, 0.05) is 12.4 Å². The summed E-state index contributed by atoms with van der Waals surface area (Å²) in [6.45, 7) is 2.27. The summed E-state index contributed by atoms with van der Waals surface area (Å²) in [6.07, 6.45) is 17.1. The molecule has 0 bridgehead atoms. The lowest BCUT2D eigenvalue weighted by Crippen LogP contribution is -1.95. The summed E-state index contributed by atoms with van der Waals surface area (Å²) < 4.78 is 0. The molecule has 0 aliphatic carbocycles. The summed E-state index contributed by atoms with van der Waals surface area (Å²) in [6, 6.07) is 0. The molecular weight excluding hydrogens is 266 g/mol. The van der Waals surface area contributed by atoms with E-state index < -0.39 is 0 Å². The van der Waals surface area contributed by atoms with Crippen LogP contribution in [0.2, 0.25) is 0 Å². The van der Waals surface area contributed by atoms with Gasteiger partial charge in [-0.05, 0) is 12.2 Å². The highest BCUT2D eigenvalue weighted by Crippen LogP contribution is 2.21. The highest BCUT2D eigenvalue weighted by atomic mass is 32.2. The number of hydrogen-bond acceptors (Lipinski definition) is 4. The van der Waals surface area contributed by atoms with Crippen molar-refractivity contribution in [2.75, 3.05) is 11.5 Å². The van der Waals surface area contributed by atoms with Gasteiger partial charge in [0.1, 0.15) is 5.03 Å². The van der Waals surface area contributed by atoms with Crippen molar-refractivity contribution in [1.29, 1.82) is 0 Å². The van der Waals surface area contributed by atoms with E-state index >= 15 is 0 Å². The van der Waals surface area contributed by atoms with Crippen LogP contribution in [0.15, 0.2) is 17.4 Å². The molecule has 1 aromatic heterocycles. The number of anilines is 1. The highest BCUT2D eigenvalue weighted by molar-refractivity contribution is 7.99. The Morgan fingerprint density at radius 1 is 0.850 bits per heavy atom. The zero-order chi connectivity index (χ0) is 14.5. The fraction of sp³-hybridized carbons (Fsp3) is 0.750. The van der Waals surface area contributed by atoms with E-state index in [0.29, 0.717) is 5.82 Å². The molecule has 0 amide bonds. The average molecular weight is 295 g/mol. The first kappa shape index (κ1) is 17.3. The van der Waals surface area contributed by atoms with E-state index in [0.717, 1.165) is 10.8 Å². The molecule has 20 heavy (non-hydrogen) atoms. The predicted octanol–water partition coefficient (Wildman–Crippen LogP) is 5.07. The number of nitrogens with two attached hydrogens (primary N) is 1. The van der Waals surface area contributed by atoms with Gasteiger partial charge in [-0.15, -0.1) is 11.8 Å². The Bertz CT molecular complexity index is 344. The van der Waals surface area contributed by atoms with Crippen LogP contribution in [-0.2, 0) is 0 Å². The fourth-order valence-electron chi connectivity index (χ4n) is 2.21. The van der Waals surface area contributed by atoms with Crippen LogP contribution in [0.3, 0.4) is 0 Å². The van der Waals surface area contributed by atoms with Gasteiger partial charge in [0.2, 0.25) is 0 Å². The largest absolute Gasteiger partial charge is 0.381 e. The molecule has 1 aromatic rings. The molecular formula is C16H29N3S. The number of rotatable bonds is 12. The summed E-state index contributed by atoms with van der Waals surface area (Å²) in [7, 11) is 0. The van der Waals surface area contributed by atoms with Crippen molar-refractivity contribution in [2.45, 2.75) is 76.2 Å². The minimum absolute atomic E-state index is 0.560. The van der Waals surface area contributed by atoms with Crippen LogP contribution in [0.25, 0.3) is 0 Å². The van der Waals surface area contributed by atoms with Crippen LogP contribution < -0.4 is 5.73 Å². The Labute approximate surface area is 128 Å². The normalized spacial score (nSPS) is 10.8. The van der Waals surface area contributed by atoms with E-state index in [-0.39, 0.29) is 0 Å². The third-order valence-corrected chi connectivity index (χ3v) is 4.51. The van der Waals surface area contributed by atoms with E-state index in [4.69, 9.17) is 5.73 Å². The maximum atomic E-state index is 5.76. The van der Waals surface area contributed by atoms with Gasteiger partial charge in [0.15, 0.2) is 5.82 Å². The maximum Gasteiger partial charge on any atom is 0.156 e. The summed E-state index contributed by atoms with van der Waals surface area (Å²) in [4.78, 5) is 8.28. The van der Waals surface area contributed by atoms with Crippen molar-refractivity contribution < 1.29 is 0 Å². The SMILES string of the molecule is CCCCCCCCCCCCSc1nccnc1N. The monoisotopic (exact) mass is 295 g/mol. The zero-order valence-electron chi connectivity index (χ0n) is 12.8. The Kier molecular flexibility index (Phi) is 10.4. The van der Waals surface area contributed by atoms with Crippen molar-refractivity contribution in [3.8, 4) is 0 Å². The van der Waals surface area contributed by atoms with Crippen molar-refractivity contribution in [3.63, 3.8) is 0 Å². The summed E-state index contributed by atoms with van der Waals surface area (Å²) in [5, 5.41) is 0.878. The van der Waals surface area contributed by atoms with Gasteiger partial charge in [-0.25, -0.2) is 9.97 Å². The van der Waals surface area contributed by atoms with Gasteiger partial charge in [0.05, 0.1) is 0 Å². The standard InChI is InChI=1S/C16H29N3S/c1-2-3-4-5-6-7-8-9-10-11-14-20-16-15(17)18-12-13-19-16/h12-13H,2-11,14H2,1H3,(H2,17,18). The second kappa shape index (κ2) is 12.0. The van der Waals surface area contributed by atoms with Gasteiger partial charge in [0.25, 0.3) is 0 Å². The van der Waals surface area contributed by atoms with Gasteiger partial charge in [-0.1, -0.05) is 64.7 Å². The fourth-order valence-corrected chi connectivity index (χ4v) is 3.08. The van der Waals surface area contributed by atoms with E-state index in [1.807, 2.05) is 0 Å². The first-order chi connectivity index (χ1) is 9.84. The Hall–Kier alpha value is -0.770. The van der Waals surface area contributed by atoms with Crippen LogP contribution in [0.5, 0.6) is 0 Å². The predicted molar refractivity (Wildman–Crippen MR) is 89.0 cm³/mol. The van der Waals surface area contributed by atoms with E-state index in [1.165, 1.54) is 64.2 Å². The Morgan fingerprint density at radius 3 is 2.00 bits per heavy atom. The summed E-state index contributed by atoms with van der Waals surface area (Å²) >= 11 is 1.73.